The van der Waals surface area contributed by atoms with Gasteiger partial charge in [0, 0.05) is 0 Å². The summed E-state index contributed by atoms with van der Waals surface area (Å²) in [4.78, 5) is 16.6. The minimum atomic E-state index is -0.588. The number of carbonyl (C=O) groups is 1. The van der Waals surface area contributed by atoms with Gasteiger partial charge in [-0.1, -0.05) is 11.6 Å². The highest BCUT2D eigenvalue weighted by Gasteiger charge is 2.16. The van der Waals surface area contributed by atoms with Crippen LogP contribution in [-0.4, -0.2) is 33.1 Å². The summed E-state index contributed by atoms with van der Waals surface area (Å²) in [5, 5.41) is 8.02. The topological polar surface area (TPSA) is 69.9 Å². The molecule has 0 aliphatic rings. The zero-order chi connectivity index (χ0) is 11.5. The highest BCUT2D eigenvalue weighted by molar-refractivity contribution is 6.29. The number of ether oxygens (including phenoxy) is 1. The zero-order valence-corrected chi connectivity index (χ0v) is 9.05. The maximum absolute atomic E-state index is 11.5. The molecular weight excluding hydrogens is 232 g/mol. The summed E-state index contributed by atoms with van der Waals surface area (Å²) in [7, 11) is 1.27. The number of carbonyl (C=O) groups excluding carboxylic acids is 1. The molecule has 0 aliphatic carbocycles. The normalized spacial score (nSPS) is 10.1. The number of rotatable bonds is 2. The van der Waals surface area contributed by atoms with E-state index in [1.807, 2.05) is 0 Å². The van der Waals surface area contributed by atoms with E-state index in [4.69, 9.17) is 11.6 Å². The lowest BCUT2D eigenvalue weighted by Gasteiger charge is -2.05. The van der Waals surface area contributed by atoms with Crippen LogP contribution in [0, 0.1) is 0 Å². The number of nitrogens with zero attached hydrogens (tertiary/aromatic N) is 4. The lowest BCUT2D eigenvalue weighted by atomic mass is 10.3. The van der Waals surface area contributed by atoms with Crippen molar-refractivity contribution in [2.45, 2.75) is 0 Å². The molecule has 16 heavy (non-hydrogen) atoms. The van der Waals surface area contributed by atoms with Crippen molar-refractivity contribution in [3.63, 3.8) is 0 Å². The molecule has 2 aromatic heterocycles. The summed E-state index contributed by atoms with van der Waals surface area (Å²) in [6.07, 6.45) is 2.99. The highest BCUT2D eigenvalue weighted by Crippen LogP contribution is 2.15. The van der Waals surface area contributed by atoms with Crippen LogP contribution in [0.15, 0.2) is 24.5 Å². The Bertz CT molecular complexity index is 512. The molecule has 2 heterocycles. The number of methoxy groups -OCH3 is 1. The second-order valence-corrected chi connectivity index (χ2v) is 3.20. The number of pyridine rings is 1. The molecule has 0 radical (unpaired) electrons. The lowest BCUT2D eigenvalue weighted by molar-refractivity contribution is 0.0593. The second-order valence-electron chi connectivity index (χ2n) is 2.81. The first-order valence-corrected chi connectivity index (χ1v) is 4.71. The van der Waals surface area contributed by atoms with Gasteiger partial charge in [0.2, 0.25) is 0 Å². The van der Waals surface area contributed by atoms with E-state index >= 15 is 0 Å². The smallest absolute Gasteiger partial charge is 0.359 e. The van der Waals surface area contributed by atoms with Gasteiger partial charge in [0.1, 0.15) is 10.8 Å². The van der Waals surface area contributed by atoms with Crippen LogP contribution >= 0.6 is 11.6 Å². The van der Waals surface area contributed by atoms with Crippen LogP contribution in [0.25, 0.3) is 5.69 Å². The Balaban J connectivity index is 2.57. The molecule has 0 saturated heterocycles. The van der Waals surface area contributed by atoms with E-state index < -0.39 is 5.97 Å². The van der Waals surface area contributed by atoms with Crippen molar-refractivity contribution in [1.29, 1.82) is 0 Å². The summed E-state index contributed by atoms with van der Waals surface area (Å²) in [6, 6.07) is 3.15. The predicted octanol–water partition coefficient (Wildman–Crippen LogP) is 1.10. The van der Waals surface area contributed by atoms with Gasteiger partial charge in [-0.2, -0.15) is 10.2 Å². The fraction of sp³-hybridized carbons (Fsp3) is 0.111. The molecule has 0 spiro atoms. The second kappa shape index (κ2) is 4.28. The number of hydrogen-bond donors (Lipinski definition) is 0. The SMILES string of the molecule is COC(=O)c1nc(Cl)ccc1-n1nccn1. The molecule has 0 amide bonds. The minimum absolute atomic E-state index is 0.0752. The van der Waals surface area contributed by atoms with E-state index in [9.17, 15) is 4.79 Å². The van der Waals surface area contributed by atoms with E-state index in [0.29, 0.717) is 5.69 Å². The summed E-state index contributed by atoms with van der Waals surface area (Å²) >= 11 is 5.71. The van der Waals surface area contributed by atoms with Crippen molar-refractivity contribution >= 4 is 17.6 Å². The summed E-state index contributed by atoms with van der Waals surface area (Å²) in [6.45, 7) is 0. The molecule has 82 valence electrons. The third-order valence-electron chi connectivity index (χ3n) is 1.85. The van der Waals surface area contributed by atoms with Gasteiger partial charge in [-0.15, -0.1) is 4.80 Å². The molecular formula is C9H7ClN4O2. The Morgan fingerprint density at radius 1 is 1.38 bits per heavy atom. The highest BCUT2D eigenvalue weighted by atomic mass is 35.5. The monoisotopic (exact) mass is 238 g/mol. The van der Waals surface area contributed by atoms with Crippen LogP contribution in [0.2, 0.25) is 5.15 Å². The van der Waals surface area contributed by atoms with Gasteiger partial charge in [0.05, 0.1) is 19.5 Å². The molecule has 0 unspecified atom stereocenters. The Hall–Kier alpha value is -1.95. The van der Waals surface area contributed by atoms with Crippen LogP contribution in [-0.2, 0) is 4.74 Å². The summed E-state index contributed by atoms with van der Waals surface area (Å²) < 4.78 is 4.60. The first-order chi connectivity index (χ1) is 7.72. The van der Waals surface area contributed by atoms with Gasteiger partial charge in [0.25, 0.3) is 0 Å². The molecule has 0 N–H and O–H groups in total. The van der Waals surface area contributed by atoms with Gasteiger partial charge >= 0.3 is 5.97 Å². The molecule has 0 atom stereocenters. The van der Waals surface area contributed by atoms with Crippen LogP contribution in [0.1, 0.15) is 10.5 Å². The van der Waals surface area contributed by atoms with Crippen molar-refractivity contribution in [3.05, 3.63) is 35.4 Å². The van der Waals surface area contributed by atoms with Crippen LogP contribution in [0.4, 0.5) is 0 Å². The third-order valence-corrected chi connectivity index (χ3v) is 2.06. The van der Waals surface area contributed by atoms with Crippen LogP contribution in [0.3, 0.4) is 0 Å². The zero-order valence-electron chi connectivity index (χ0n) is 8.29. The number of hydrogen-bond acceptors (Lipinski definition) is 5. The number of halogens is 1. The third kappa shape index (κ3) is 1.87. The Kier molecular flexibility index (Phi) is 2.82. The van der Waals surface area contributed by atoms with E-state index in [1.165, 1.54) is 24.3 Å². The Morgan fingerprint density at radius 3 is 2.69 bits per heavy atom. The fourth-order valence-corrected chi connectivity index (χ4v) is 1.32. The van der Waals surface area contributed by atoms with E-state index in [2.05, 4.69) is 19.9 Å². The van der Waals surface area contributed by atoms with E-state index in [1.54, 1.807) is 12.1 Å². The summed E-state index contributed by atoms with van der Waals surface area (Å²) in [5.41, 5.74) is 0.493. The van der Waals surface area contributed by atoms with Crippen LogP contribution in [0.5, 0.6) is 0 Å². The molecule has 0 bridgehead atoms. The molecule has 2 rings (SSSR count). The molecule has 2 aromatic rings. The van der Waals surface area contributed by atoms with Crippen molar-refractivity contribution in [3.8, 4) is 5.69 Å². The van der Waals surface area contributed by atoms with E-state index in [0.717, 1.165) is 0 Å². The average Bonchev–Trinajstić information content (AvgIpc) is 2.81. The first-order valence-electron chi connectivity index (χ1n) is 4.34. The van der Waals surface area contributed by atoms with Gasteiger partial charge in [0.15, 0.2) is 5.69 Å². The standard InChI is InChI=1S/C9H7ClN4O2/c1-16-9(15)8-6(2-3-7(10)13-8)14-11-4-5-12-14/h2-5H,1H3. The van der Waals surface area contributed by atoms with Crippen molar-refractivity contribution < 1.29 is 9.53 Å². The summed E-state index contributed by atoms with van der Waals surface area (Å²) in [5.74, 6) is -0.588. The quantitative estimate of drug-likeness (QED) is 0.579. The lowest BCUT2D eigenvalue weighted by Crippen LogP contribution is -2.12. The minimum Gasteiger partial charge on any atom is -0.464 e. The van der Waals surface area contributed by atoms with Gasteiger partial charge in [-0.3, -0.25) is 0 Å². The van der Waals surface area contributed by atoms with Crippen molar-refractivity contribution in [2.24, 2.45) is 0 Å². The molecule has 7 heteroatoms. The first kappa shape index (κ1) is 10.6. The maximum atomic E-state index is 11.5. The van der Waals surface area contributed by atoms with Gasteiger partial charge in [-0.05, 0) is 12.1 Å². The molecule has 0 fully saturated rings. The van der Waals surface area contributed by atoms with E-state index in [-0.39, 0.29) is 10.8 Å². The molecule has 0 saturated carbocycles. The Labute approximate surface area is 95.8 Å². The number of esters is 1. The van der Waals surface area contributed by atoms with Crippen molar-refractivity contribution in [1.82, 2.24) is 20.0 Å². The average molecular weight is 239 g/mol. The fourth-order valence-electron chi connectivity index (χ4n) is 1.18. The predicted molar refractivity (Wildman–Crippen MR) is 55.5 cm³/mol. The van der Waals surface area contributed by atoms with Crippen LogP contribution < -0.4 is 0 Å². The Morgan fingerprint density at radius 2 is 2.06 bits per heavy atom. The van der Waals surface area contributed by atoms with Gasteiger partial charge < -0.3 is 4.74 Å². The molecule has 6 nitrogen and oxygen atoms in total. The largest absolute Gasteiger partial charge is 0.464 e. The maximum Gasteiger partial charge on any atom is 0.359 e. The molecule has 0 aliphatic heterocycles. The van der Waals surface area contributed by atoms with Gasteiger partial charge in [-0.25, -0.2) is 9.78 Å². The number of aromatic nitrogens is 4. The van der Waals surface area contributed by atoms with Crippen molar-refractivity contribution in [2.75, 3.05) is 7.11 Å². The molecule has 0 aromatic carbocycles.